The number of nitrogens with zero attached hydrogens (tertiary/aromatic N) is 4. The molecule has 2 aromatic heterocycles. The standard InChI is InChI=1S/C26H22N6OS2/c1-3-22-29-30-26-32(22)31-24(35-26)20-10-9-16(2)21(15-20)27-25(34)28-23(33)19-13-11-18(12-14-19)17-7-5-4-6-8-17/h4-15H,3H2,1-2H3,(H2,27,28,33,34). The molecule has 7 nitrogen and oxygen atoms in total. The van der Waals surface area contributed by atoms with Gasteiger partial charge in [-0.05, 0) is 54.0 Å². The Hall–Kier alpha value is -3.95. The number of carbonyl (C=O) groups excluding carboxylic acids is 1. The molecule has 2 N–H and O–H groups in total. The summed E-state index contributed by atoms with van der Waals surface area (Å²) in [6, 6.07) is 23.5. The summed E-state index contributed by atoms with van der Waals surface area (Å²) in [5, 5.41) is 20.0. The fraction of sp³-hybridized carbons (Fsp3) is 0.115. The van der Waals surface area contributed by atoms with Crippen LogP contribution in [0.3, 0.4) is 0 Å². The van der Waals surface area contributed by atoms with Crippen molar-refractivity contribution in [1.82, 2.24) is 25.1 Å². The third kappa shape index (κ3) is 4.82. The molecular weight excluding hydrogens is 476 g/mol. The molecule has 9 heteroatoms. The average molecular weight is 499 g/mol. The van der Waals surface area contributed by atoms with E-state index in [-0.39, 0.29) is 11.0 Å². The zero-order valence-electron chi connectivity index (χ0n) is 19.1. The molecule has 0 unspecified atom stereocenters. The Kier molecular flexibility index (Phi) is 6.35. The fourth-order valence-electron chi connectivity index (χ4n) is 3.66. The second-order valence-electron chi connectivity index (χ2n) is 7.95. The van der Waals surface area contributed by atoms with Crippen LogP contribution in [0.15, 0.2) is 72.8 Å². The van der Waals surface area contributed by atoms with Gasteiger partial charge in [0.1, 0.15) is 5.01 Å². The zero-order valence-corrected chi connectivity index (χ0v) is 20.8. The molecule has 5 rings (SSSR count). The second kappa shape index (κ2) is 9.73. The fourth-order valence-corrected chi connectivity index (χ4v) is 4.71. The Morgan fingerprint density at radius 3 is 2.43 bits per heavy atom. The zero-order chi connectivity index (χ0) is 24.4. The van der Waals surface area contributed by atoms with Gasteiger partial charge in [-0.1, -0.05) is 72.9 Å². The van der Waals surface area contributed by atoms with Crippen LogP contribution in [0.4, 0.5) is 5.69 Å². The first-order chi connectivity index (χ1) is 17.0. The van der Waals surface area contributed by atoms with Gasteiger partial charge in [0, 0.05) is 23.2 Å². The molecule has 0 radical (unpaired) electrons. The van der Waals surface area contributed by atoms with Gasteiger partial charge in [0.2, 0.25) is 4.96 Å². The quantitative estimate of drug-likeness (QED) is 0.311. The molecule has 0 aliphatic rings. The molecule has 35 heavy (non-hydrogen) atoms. The molecule has 0 atom stereocenters. The average Bonchev–Trinajstić information content (AvgIpc) is 3.47. The number of fused-ring (bicyclic) bond motifs is 1. The minimum Gasteiger partial charge on any atom is -0.332 e. The Morgan fingerprint density at radius 1 is 0.971 bits per heavy atom. The normalized spacial score (nSPS) is 10.9. The van der Waals surface area contributed by atoms with Crippen molar-refractivity contribution in [2.24, 2.45) is 0 Å². The molecule has 0 bridgehead atoms. The third-order valence-corrected chi connectivity index (χ3v) is 6.74. The topological polar surface area (TPSA) is 84.2 Å². The summed E-state index contributed by atoms with van der Waals surface area (Å²) in [4.78, 5) is 13.5. The first-order valence-corrected chi connectivity index (χ1v) is 12.3. The molecule has 2 heterocycles. The molecule has 0 spiro atoms. The summed E-state index contributed by atoms with van der Waals surface area (Å²) in [5.41, 5.74) is 5.41. The minimum absolute atomic E-state index is 0.230. The van der Waals surface area contributed by atoms with Crippen molar-refractivity contribution in [2.75, 3.05) is 5.32 Å². The second-order valence-corrected chi connectivity index (χ2v) is 9.32. The monoisotopic (exact) mass is 498 g/mol. The van der Waals surface area contributed by atoms with E-state index in [0.717, 1.165) is 50.2 Å². The summed E-state index contributed by atoms with van der Waals surface area (Å²) in [7, 11) is 0. The lowest BCUT2D eigenvalue weighted by molar-refractivity contribution is 0.0977. The molecule has 0 saturated carbocycles. The van der Waals surface area contributed by atoms with Crippen molar-refractivity contribution in [3.05, 3.63) is 89.7 Å². The van der Waals surface area contributed by atoms with Crippen molar-refractivity contribution in [3.8, 4) is 21.7 Å². The SMILES string of the molecule is CCc1nnc2sc(-c3ccc(C)c(NC(=S)NC(=O)c4ccc(-c5ccccc5)cc4)c3)nn12. The maximum Gasteiger partial charge on any atom is 0.257 e. The van der Waals surface area contributed by atoms with Crippen LogP contribution in [0.2, 0.25) is 0 Å². The van der Waals surface area contributed by atoms with Crippen LogP contribution in [0.25, 0.3) is 26.7 Å². The molecule has 0 saturated heterocycles. The first-order valence-electron chi connectivity index (χ1n) is 11.1. The van der Waals surface area contributed by atoms with Gasteiger partial charge in [-0.2, -0.15) is 9.61 Å². The van der Waals surface area contributed by atoms with Gasteiger partial charge in [-0.15, -0.1) is 10.2 Å². The largest absolute Gasteiger partial charge is 0.332 e. The van der Waals surface area contributed by atoms with Gasteiger partial charge in [0.05, 0.1) is 0 Å². The van der Waals surface area contributed by atoms with Gasteiger partial charge in [-0.25, -0.2) is 0 Å². The van der Waals surface area contributed by atoms with Crippen molar-refractivity contribution in [3.63, 3.8) is 0 Å². The summed E-state index contributed by atoms with van der Waals surface area (Å²) in [6.45, 7) is 4.00. The first kappa shape index (κ1) is 22.8. The molecular formula is C26H22N6OS2. The number of anilines is 1. The predicted octanol–water partition coefficient (Wildman–Crippen LogP) is 5.52. The molecule has 0 fully saturated rings. The Bertz CT molecular complexity index is 1520. The number of rotatable bonds is 5. The van der Waals surface area contributed by atoms with Crippen LogP contribution in [-0.4, -0.2) is 30.8 Å². The maximum absolute atomic E-state index is 12.7. The molecule has 1 amide bonds. The van der Waals surface area contributed by atoms with Crippen molar-refractivity contribution >= 4 is 45.2 Å². The summed E-state index contributed by atoms with van der Waals surface area (Å²) in [5.74, 6) is 0.560. The van der Waals surface area contributed by atoms with Crippen molar-refractivity contribution < 1.29 is 4.79 Å². The van der Waals surface area contributed by atoms with Crippen LogP contribution in [0, 0.1) is 6.92 Å². The Labute approximate surface area is 211 Å². The number of carbonyl (C=O) groups is 1. The van der Waals surface area contributed by atoms with Gasteiger partial charge in [0.25, 0.3) is 5.91 Å². The Morgan fingerprint density at radius 2 is 1.69 bits per heavy atom. The van der Waals surface area contributed by atoms with E-state index in [2.05, 4.69) is 25.9 Å². The van der Waals surface area contributed by atoms with E-state index < -0.39 is 0 Å². The van der Waals surface area contributed by atoms with E-state index in [9.17, 15) is 4.79 Å². The van der Waals surface area contributed by atoms with Crippen LogP contribution in [0.5, 0.6) is 0 Å². The molecule has 3 aromatic carbocycles. The summed E-state index contributed by atoms with van der Waals surface area (Å²) >= 11 is 6.90. The van der Waals surface area contributed by atoms with Crippen molar-refractivity contribution in [2.45, 2.75) is 20.3 Å². The van der Waals surface area contributed by atoms with Crippen LogP contribution in [-0.2, 0) is 6.42 Å². The smallest absolute Gasteiger partial charge is 0.257 e. The molecule has 174 valence electrons. The lowest BCUT2D eigenvalue weighted by Crippen LogP contribution is -2.34. The highest BCUT2D eigenvalue weighted by molar-refractivity contribution is 7.80. The number of hydrogen-bond acceptors (Lipinski definition) is 6. The third-order valence-electron chi connectivity index (χ3n) is 5.59. The maximum atomic E-state index is 12.7. The lowest BCUT2D eigenvalue weighted by atomic mass is 10.0. The van der Waals surface area contributed by atoms with Crippen molar-refractivity contribution in [1.29, 1.82) is 0 Å². The number of nitrogens with one attached hydrogen (secondary N) is 2. The number of hydrogen-bond donors (Lipinski definition) is 2. The summed E-state index contributed by atoms with van der Waals surface area (Å²) < 4.78 is 1.78. The predicted molar refractivity (Wildman–Crippen MR) is 144 cm³/mol. The number of benzene rings is 3. The number of aryl methyl sites for hydroxylation is 2. The van der Waals surface area contributed by atoms with E-state index in [0.29, 0.717) is 5.56 Å². The van der Waals surface area contributed by atoms with Gasteiger partial charge in [-0.3, -0.25) is 10.1 Å². The van der Waals surface area contributed by atoms with E-state index >= 15 is 0 Å². The van der Waals surface area contributed by atoms with Gasteiger partial charge < -0.3 is 5.32 Å². The highest BCUT2D eigenvalue weighted by atomic mass is 32.1. The molecule has 0 aliphatic heterocycles. The van der Waals surface area contributed by atoms with Crippen LogP contribution >= 0.6 is 23.6 Å². The summed E-state index contributed by atoms with van der Waals surface area (Å²) in [6.07, 6.45) is 0.758. The van der Waals surface area contributed by atoms with Gasteiger partial charge >= 0.3 is 0 Å². The van der Waals surface area contributed by atoms with E-state index in [1.165, 1.54) is 11.3 Å². The Balaban J connectivity index is 1.28. The van der Waals surface area contributed by atoms with Crippen LogP contribution in [0.1, 0.15) is 28.7 Å². The number of thiocarbonyl (C=S) groups is 1. The minimum atomic E-state index is -0.267. The van der Waals surface area contributed by atoms with Gasteiger partial charge in [0.15, 0.2) is 10.9 Å². The highest BCUT2D eigenvalue weighted by Gasteiger charge is 2.14. The van der Waals surface area contributed by atoms with E-state index in [1.54, 1.807) is 16.6 Å². The lowest BCUT2D eigenvalue weighted by Gasteiger charge is -2.13. The number of aromatic nitrogens is 4. The van der Waals surface area contributed by atoms with E-state index in [4.69, 9.17) is 12.2 Å². The highest BCUT2D eigenvalue weighted by Crippen LogP contribution is 2.29. The van der Waals surface area contributed by atoms with E-state index in [1.807, 2.05) is 74.5 Å². The molecule has 0 aliphatic carbocycles. The number of amides is 1. The van der Waals surface area contributed by atoms with Crippen LogP contribution < -0.4 is 10.6 Å². The molecule has 5 aromatic rings.